The van der Waals surface area contributed by atoms with Crippen LogP contribution >= 0.6 is 0 Å². The molecular weight excluding hydrogens is 210 g/mol. The topological polar surface area (TPSA) is 17.1 Å². The third kappa shape index (κ3) is 1.77. The van der Waals surface area contributed by atoms with Gasteiger partial charge < -0.3 is 0 Å². The smallest absolute Gasteiger partial charge is 0.194 e. The van der Waals surface area contributed by atoms with Gasteiger partial charge in [-0.2, -0.15) is 0 Å². The number of hydrogen-bond donors (Lipinski definition) is 0. The summed E-state index contributed by atoms with van der Waals surface area (Å²) in [5, 5.41) is 0. The van der Waals surface area contributed by atoms with Crippen molar-refractivity contribution in [3.8, 4) is 0 Å². The molecule has 0 spiro atoms. The van der Waals surface area contributed by atoms with E-state index in [1.807, 2.05) is 0 Å². The molecule has 1 aromatic carbocycles. The second-order valence-electron chi connectivity index (χ2n) is 4.00. The van der Waals surface area contributed by atoms with Gasteiger partial charge in [-0.25, -0.2) is 8.78 Å². The predicted octanol–water partition coefficient (Wildman–Crippen LogP) is 3.57. The number of hydrogen-bond acceptors (Lipinski definition) is 1. The van der Waals surface area contributed by atoms with Gasteiger partial charge in [0.05, 0.1) is 5.56 Å². The van der Waals surface area contributed by atoms with Gasteiger partial charge in [0.15, 0.2) is 5.78 Å². The van der Waals surface area contributed by atoms with Crippen LogP contribution in [-0.4, -0.2) is 5.78 Å². The maximum Gasteiger partial charge on any atom is 0.194 e. The monoisotopic (exact) mass is 222 g/mol. The average Bonchev–Trinajstić information content (AvgIpc) is 2.77. The van der Waals surface area contributed by atoms with Crippen LogP contribution in [0.3, 0.4) is 0 Å². The van der Waals surface area contributed by atoms with E-state index in [0.29, 0.717) is 17.6 Å². The standard InChI is InChI=1S/C13H12F2O/c1-8-6-7-10(14)11(12(8)15)13(16)9-4-2-3-5-9/h4,6-7H,2-3,5H2,1H3. The maximum atomic E-state index is 13.7. The van der Waals surface area contributed by atoms with Crippen LogP contribution < -0.4 is 0 Å². The number of rotatable bonds is 2. The second kappa shape index (κ2) is 4.16. The molecule has 0 heterocycles. The molecule has 1 aliphatic rings. The Balaban J connectivity index is 2.47. The first-order chi connectivity index (χ1) is 7.61. The van der Waals surface area contributed by atoms with Gasteiger partial charge in [0, 0.05) is 0 Å². The summed E-state index contributed by atoms with van der Waals surface area (Å²) >= 11 is 0. The number of Topliss-reactive ketones (excluding diaryl/α,β-unsaturated/α-hetero) is 1. The van der Waals surface area contributed by atoms with Gasteiger partial charge in [0.2, 0.25) is 0 Å². The minimum atomic E-state index is -0.777. The normalized spacial score (nSPS) is 15.1. The van der Waals surface area contributed by atoms with E-state index in [1.54, 1.807) is 6.08 Å². The Labute approximate surface area is 92.8 Å². The zero-order chi connectivity index (χ0) is 11.7. The number of halogens is 2. The maximum absolute atomic E-state index is 13.7. The second-order valence-corrected chi connectivity index (χ2v) is 4.00. The number of carbonyl (C=O) groups excluding carboxylic acids is 1. The molecule has 0 radical (unpaired) electrons. The van der Waals surface area contributed by atoms with Crippen molar-refractivity contribution in [3.05, 3.63) is 46.5 Å². The van der Waals surface area contributed by atoms with Crippen molar-refractivity contribution in [2.75, 3.05) is 0 Å². The Morgan fingerprint density at radius 2 is 2.06 bits per heavy atom. The molecule has 0 aliphatic heterocycles. The van der Waals surface area contributed by atoms with Crippen molar-refractivity contribution < 1.29 is 13.6 Å². The Morgan fingerprint density at radius 3 is 2.69 bits per heavy atom. The highest BCUT2D eigenvalue weighted by Crippen LogP contribution is 2.25. The van der Waals surface area contributed by atoms with Crippen LogP contribution in [0.5, 0.6) is 0 Å². The van der Waals surface area contributed by atoms with Gasteiger partial charge in [0.1, 0.15) is 11.6 Å². The van der Waals surface area contributed by atoms with E-state index in [1.165, 1.54) is 13.0 Å². The lowest BCUT2D eigenvalue weighted by Crippen LogP contribution is -2.09. The van der Waals surface area contributed by atoms with Crippen LogP contribution in [-0.2, 0) is 0 Å². The molecule has 0 fully saturated rings. The molecule has 0 saturated carbocycles. The first-order valence-electron chi connectivity index (χ1n) is 5.29. The number of benzene rings is 1. The van der Waals surface area contributed by atoms with Crippen LogP contribution in [0.25, 0.3) is 0 Å². The van der Waals surface area contributed by atoms with Gasteiger partial charge >= 0.3 is 0 Å². The largest absolute Gasteiger partial charge is 0.289 e. The quantitative estimate of drug-likeness (QED) is 0.699. The zero-order valence-electron chi connectivity index (χ0n) is 9.02. The van der Waals surface area contributed by atoms with Crippen LogP contribution in [0.2, 0.25) is 0 Å². The molecule has 0 unspecified atom stereocenters. The fourth-order valence-electron chi connectivity index (χ4n) is 1.90. The molecule has 2 rings (SSSR count). The van der Waals surface area contributed by atoms with Crippen LogP contribution in [0.4, 0.5) is 8.78 Å². The van der Waals surface area contributed by atoms with Crippen molar-refractivity contribution in [2.24, 2.45) is 0 Å². The van der Waals surface area contributed by atoms with Crippen molar-refractivity contribution in [3.63, 3.8) is 0 Å². The van der Waals surface area contributed by atoms with Crippen LogP contribution in [0.1, 0.15) is 35.2 Å². The highest BCUT2D eigenvalue weighted by molar-refractivity contribution is 6.09. The summed E-state index contributed by atoms with van der Waals surface area (Å²) in [5.41, 5.74) is 0.417. The lowest BCUT2D eigenvalue weighted by Gasteiger charge is -2.06. The van der Waals surface area contributed by atoms with E-state index in [-0.39, 0.29) is 0 Å². The van der Waals surface area contributed by atoms with Crippen molar-refractivity contribution in [1.82, 2.24) is 0 Å². The molecule has 0 atom stereocenters. The first-order valence-corrected chi connectivity index (χ1v) is 5.29. The van der Waals surface area contributed by atoms with Crippen LogP contribution in [0, 0.1) is 18.6 Å². The molecule has 1 aliphatic carbocycles. The summed E-state index contributed by atoms with van der Waals surface area (Å²) in [6, 6.07) is 2.48. The Bertz CT molecular complexity index is 475. The number of ketones is 1. The summed E-state index contributed by atoms with van der Waals surface area (Å²) in [6.07, 6.45) is 4.08. The SMILES string of the molecule is Cc1ccc(F)c(C(=O)C2=CCCC2)c1F. The molecule has 0 amide bonds. The molecule has 1 nitrogen and oxygen atoms in total. The molecule has 0 N–H and O–H groups in total. The molecule has 1 aromatic rings. The molecule has 0 saturated heterocycles. The molecule has 84 valence electrons. The van der Waals surface area contributed by atoms with Gasteiger partial charge in [0.25, 0.3) is 0 Å². The highest BCUT2D eigenvalue weighted by Gasteiger charge is 2.23. The minimum absolute atomic E-state index is 0.295. The molecule has 3 heteroatoms. The molecule has 16 heavy (non-hydrogen) atoms. The summed E-state index contributed by atoms with van der Waals surface area (Å²) < 4.78 is 27.1. The van der Waals surface area contributed by atoms with Gasteiger partial charge in [-0.05, 0) is 43.4 Å². The summed E-state index contributed by atoms with van der Waals surface area (Å²) in [7, 11) is 0. The van der Waals surface area contributed by atoms with Gasteiger partial charge in [-0.15, -0.1) is 0 Å². The Hall–Kier alpha value is -1.51. The van der Waals surface area contributed by atoms with E-state index in [4.69, 9.17) is 0 Å². The van der Waals surface area contributed by atoms with Crippen LogP contribution in [0.15, 0.2) is 23.8 Å². The number of carbonyl (C=O) groups is 1. The average molecular weight is 222 g/mol. The fourth-order valence-corrected chi connectivity index (χ4v) is 1.90. The van der Waals surface area contributed by atoms with Gasteiger partial charge in [-0.3, -0.25) is 4.79 Å². The summed E-state index contributed by atoms with van der Waals surface area (Å²) in [4.78, 5) is 11.9. The molecule has 0 aromatic heterocycles. The highest BCUT2D eigenvalue weighted by atomic mass is 19.1. The fraction of sp³-hybridized carbons (Fsp3) is 0.308. The van der Waals surface area contributed by atoms with E-state index in [2.05, 4.69) is 0 Å². The number of aryl methyl sites for hydroxylation is 1. The Kier molecular flexibility index (Phi) is 2.86. The van der Waals surface area contributed by atoms with E-state index >= 15 is 0 Å². The zero-order valence-corrected chi connectivity index (χ0v) is 9.02. The summed E-state index contributed by atoms with van der Waals surface area (Å²) in [6.45, 7) is 1.52. The third-order valence-corrected chi connectivity index (χ3v) is 2.84. The molecular formula is C13H12F2O. The Morgan fingerprint density at radius 1 is 1.31 bits per heavy atom. The van der Waals surface area contributed by atoms with E-state index in [0.717, 1.165) is 18.9 Å². The van der Waals surface area contributed by atoms with Crippen molar-refractivity contribution in [1.29, 1.82) is 0 Å². The van der Waals surface area contributed by atoms with E-state index in [9.17, 15) is 13.6 Å². The lowest BCUT2D eigenvalue weighted by atomic mass is 10.00. The van der Waals surface area contributed by atoms with Crippen molar-refractivity contribution in [2.45, 2.75) is 26.2 Å². The first kappa shape index (κ1) is 11.0. The van der Waals surface area contributed by atoms with Gasteiger partial charge in [-0.1, -0.05) is 12.1 Å². The van der Waals surface area contributed by atoms with E-state index < -0.39 is 23.0 Å². The lowest BCUT2D eigenvalue weighted by molar-refractivity contribution is 0.102. The van der Waals surface area contributed by atoms with Crippen molar-refractivity contribution >= 4 is 5.78 Å². The predicted molar refractivity (Wildman–Crippen MR) is 57.4 cm³/mol. The minimum Gasteiger partial charge on any atom is -0.289 e. The molecule has 0 bridgehead atoms. The third-order valence-electron chi connectivity index (χ3n) is 2.84. The summed E-state index contributed by atoms with van der Waals surface area (Å²) in [5.74, 6) is -2.02. The number of allylic oxidation sites excluding steroid dienone is 2.